The van der Waals surface area contributed by atoms with E-state index in [1.54, 1.807) is 0 Å². The summed E-state index contributed by atoms with van der Waals surface area (Å²) < 4.78 is 0. The van der Waals surface area contributed by atoms with Crippen molar-refractivity contribution in [3.63, 3.8) is 0 Å². The molecule has 4 rings (SSSR count). The molecule has 6 unspecified atom stereocenters. The minimum atomic E-state index is -1.58. The highest BCUT2D eigenvalue weighted by Gasteiger charge is 2.68. The maximum absolute atomic E-state index is 13.4. The summed E-state index contributed by atoms with van der Waals surface area (Å²) in [6, 6.07) is 0. The molecule has 4 fully saturated rings. The van der Waals surface area contributed by atoms with Crippen LogP contribution in [0.1, 0.15) is 65.2 Å². The molecule has 146 valence electrons. The van der Waals surface area contributed by atoms with Crippen LogP contribution in [-0.2, 0) is 9.59 Å². The van der Waals surface area contributed by atoms with E-state index in [1.807, 2.05) is 6.92 Å². The van der Waals surface area contributed by atoms with Crippen molar-refractivity contribution in [2.45, 2.75) is 76.9 Å². The van der Waals surface area contributed by atoms with Gasteiger partial charge in [-0.25, -0.2) is 0 Å². The number of aliphatic hydroxyl groups is 3. The van der Waals surface area contributed by atoms with Crippen LogP contribution in [0.3, 0.4) is 0 Å². The molecule has 8 atom stereocenters. The first-order chi connectivity index (χ1) is 12.2. The Morgan fingerprint density at radius 2 is 1.88 bits per heavy atom. The first-order valence-corrected chi connectivity index (χ1v) is 10.2. The Labute approximate surface area is 155 Å². The lowest BCUT2D eigenvalue weighted by Crippen LogP contribution is -2.62. The number of rotatable bonds is 2. The lowest BCUT2D eigenvalue weighted by Gasteiger charge is -2.60. The maximum Gasteiger partial charge on any atom is 0.190 e. The Balaban J connectivity index is 1.70. The number of carbonyl (C=O) groups excluding carboxylic acids is 2. The number of fused-ring (bicyclic) bond motifs is 5. The third-order valence-corrected chi connectivity index (χ3v) is 9.08. The summed E-state index contributed by atoms with van der Waals surface area (Å²) in [7, 11) is 0. The second kappa shape index (κ2) is 5.86. The van der Waals surface area contributed by atoms with Crippen LogP contribution in [0.4, 0.5) is 0 Å². The van der Waals surface area contributed by atoms with E-state index in [1.165, 1.54) is 0 Å². The lowest BCUT2D eigenvalue weighted by molar-refractivity contribution is -0.180. The van der Waals surface area contributed by atoms with Gasteiger partial charge in [-0.05, 0) is 68.1 Å². The van der Waals surface area contributed by atoms with E-state index < -0.39 is 23.4 Å². The molecule has 0 amide bonds. The van der Waals surface area contributed by atoms with Crippen molar-refractivity contribution in [2.24, 2.45) is 34.5 Å². The number of hydrogen-bond donors (Lipinski definition) is 3. The lowest BCUT2D eigenvalue weighted by atomic mass is 9.44. The topological polar surface area (TPSA) is 94.8 Å². The first-order valence-electron chi connectivity index (χ1n) is 10.2. The molecule has 0 spiro atoms. The van der Waals surface area contributed by atoms with Crippen molar-refractivity contribution >= 4 is 11.6 Å². The van der Waals surface area contributed by atoms with Crippen molar-refractivity contribution in [1.29, 1.82) is 0 Å². The SMILES string of the molecule is CC12CC[C@@H](O)CC1CCC1C2C(=O)CC2(C)C1CC[C@]2(O)C(=O)CO. The van der Waals surface area contributed by atoms with E-state index in [9.17, 15) is 24.9 Å². The van der Waals surface area contributed by atoms with Crippen molar-refractivity contribution in [2.75, 3.05) is 6.61 Å². The summed E-state index contributed by atoms with van der Waals surface area (Å²) >= 11 is 0. The Morgan fingerprint density at radius 1 is 1.15 bits per heavy atom. The van der Waals surface area contributed by atoms with Crippen LogP contribution in [-0.4, -0.2) is 45.2 Å². The number of Topliss-reactive ketones (excluding diaryl/α,β-unsaturated/α-hetero) is 2. The fourth-order valence-corrected chi connectivity index (χ4v) is 7.64. The molecule has 0 aromatic rings. The fourth-order valence-electron chi connectivity index (χ4n) is 7.64. The smallest absolute Gasteiger partial charge is 0.190 e. The van der Waals surface area contributed by atoms with Crippen LogP contribution in [0.25, 0.3) is 0 Å². The van der Waals surface area contributed by atoms with Gasteiger partial charge in [0, 0.05) is 17.8 Å². The minimum Gasteiger partial charge on any atom is -0.393 e. The molecule has 0 bridgehead atoms. The summed E-state index contributed by atoms with van der Waals surface area (Å²) in [5.41, 5.74) is -2.40. The molecule has 3 N–H and O–H groups in total. The number of aliphatic hydroxyl groups excluding tert-OH is 2. The number of hydrogen-bond acceptors (Lipinski definition) is 5. The molecule has 4 saturated carbocycles. The Hall–Kier alpha value is -0.780. The van der Waals surface area contributed by atoms with Crippen LogP contribution in [0.2, 0.25) is 0 Å². The van der Waals surface area contributed by atoms with Crippen LogP contribution in [0.5, 0.6) is 0 Å². The predicted molar refractivity (Wildman–Crippen MR) is 95.2 cm³/mol. The van der Waals surface area contributed by atoms with Crippen LogP contribution >= 0.6 is 0 Å². The summed E-state index contributed by atoms with van der Waals surface area (Å²) in [5.74, 6) is 0.380. The Bertz CT molecular complexity index is 632. The normalized spacial score (nSPS) is 53.6. The summed E-state index contributed by atoms with van der Waals surface area (Å²) in [6.07, 6.45) is 5.47. The average Bonchev–Trinajstić information content (AvgIpc) is 2.86. The number of carbonyl (C=O) groups is 2. The molecule has 0 saturated heterocycles. The zero-order chi connectivity index (χ0) is 18.9. The molecule has 4 aliphatic rings. The highest BCUT2D eigenvalue weighted by Crippen LogP contribution is 2.67. The maximum atomic E-state index is 13.4. The van der Waals surface area contributed by atoms with Gasteiger partial charge >= 0.3 is 0 Å². The average molecular weight is 364 g/mol. The van der Waals surface area contributed by atoms with E-state index in [2.05, 4.69) is 6.92 Å². The van der Waals surface area contributed by atoms with E-state index in [0.717, 1.165) is 38.5 Å². The Kier molecular flexibility index (Phi) is 4.18. The highest BCUT2D eigenvalue weighted by molar-refractivity contribution is 5.92. The molecule has 0 radical (unpaired) electrons. The quantitative estimate of drug-likeness (QED) is 0.695. The van der Waals surface area contributed by atoms with Crippen molar-refractivity contribution in [3.05, 3.63) is 0 Å². The third-order valence-electron chi connectivity index (χ3n) is 9.08. The molecule has 26 heavy (non-hydrogen) atoms. The van der Waals surface area contributed by atoms with E-state index in [0.29, 0.717) is 12.3 Å². The predicted octanol–water partition coefficient (Wildman–Crippen LogP) is 1.86. The second-order valence-corrected chi connectivity index (χ2v) is 10.00. The largest absolute Gasteiger partial charge is 0.393 e. The molecular formula is C21H32O5. The van der Waals surface area contributed by atoms with E-state index in [-0.39, 0.29) is 41.5 Å². The zero-order valence-electron chi connectivity index (χ0n) is 15.9. The van der Waals surface area contributed by atoms with Crippen molar-refractivity contribution in [1.82, 2.24) is 0 Å². The van der Waals surface area contributed by atoms with Gasteiger partial charge in [-0.2, -0.15) is 0 Å². The van der Waals surface area contributed by atoms with Crippen molar-refractivity contribution in [3.8, 4) is 0 Å². The van der Waals surface area contributed by atoms with Gasteiger partial charge in [0.15, 0.2) is 5.78 Å². The minimum absolute atomic E-state index is 0.0154. The monoisotopic (exact) mass is 364 g/mol. The van der Waals surface area contributed by atoms with Gasteiger partial charge in [0.1, 0.15) is 18.0 Å². The van der Waals surface area contributed by atoms with Gasteiger partial charge in [-0.1, -0.05) is 13.8 Å². The van der Waals surface area contributed by atoms with Gasteiger partial charge < -0.3 is 15.3 Å². The van der Waals surface area contributed by atoms with Crippen LogP contribution < -0.4 is 0 Å². The number of ketones is 2. The summed E-state index contributed by atoms with van der Waals surface area (Å²) in [4.78, 5) is 25.7. The van der Waals surface area contributed by atoms with Gasteiger partial charge in [0.25, 0.3) is 0 Å². The fraction of sp³-hybridized carbons (Fsp3) is 0.905. The molecule has 0 aromatic carbocycles. The van der Waals surface area contributed by atoms with E-state index >= 15 is 0 Å². The summed E-state index contributed by atoms with van der Waals surface area (Å²) in [5, 5.41) is 30.6. The zero-order valence-corrected chi connectivity index (χ0v) is 15.9. The molecule has 0 aliphatic heterocycles. The standard InChI is InChI=1S/C21H32O5/c1-19-7-5-13(23)9-12(19)3-4-14-15-6-8-21(26,17(25)11-22)20(15,2)10-16(24)18(14)19/h12-15,18,22-23,26H,3-11H2,1-2H3/t12?,13-,14?,15?,18?,19?,20?,21+/m1/s1. The van der Waals surface area contributed by atoms with Gasteiger partial charge in [0.2, 0.25) is 0 Å². The molecule has 5 nitrogen and oxygen atoms in total. The molecule has 0 heterocycles. The molecular weight excluding hydrogens is 332 g/mol. The third kappa shape index (κ3) is 2.20. The Morgan fingerprint density at radius 3 is 2.58 bits per heavy atom. The molecule has 4 aliphatic carbocycles. The second-order valence-electron chi connectivity index (χ2n) is 10.00. The molecule has 0 aromatic heterocycles. The highest BCUT2D eigenvalue weighted by atomic mass is 16.3. The van der Waals surface area contributed by atoms with Gasteiger partial charge in [0.05, 0.1) is 6.10 Å². The van der Waals surface area contributed by atoms with Crippen LogP contribution in [0, 0.1) is 34.5 Å². The summed E-state index contributed by atoms with van der Waals surface area (Å²) in [6.45, 7) is 3.46. The van der Waals surface area contributed by atoms with E-state index in [4.69, 9.17) is 0 Å². The van der Waals surface area contributed by atoms with Crippen LogP contribution in [0.15, 0.2) is 0 Å². The van der Waals surface area contributed by atoms with Gasteiger partial charge in [-0.15, -0.1) is 0 Å². The molecule has 5 heteroatoms. The first kappa shape index (κ1) is 18.6. The van der Waals surface area contributed by atoms with Gasteiger partial charge in [-0.3, -0.25) is 9.59 Å². The van der Waals surface area contributed by atoms with Crippen molar-refractivity contribution < 1.29 is 24.9 Å².